The number of carbonyl (C=O) groups is 2. The summed E-state index contributed by atoms with van der Waals surface area (Å²) in [7, 11) is 0. The number of ether oxygens (including phenoxy) is 1. The van der Waals surface area contributed by atoms with Gasteiger partial charge >= 0.3 is 5.97 Å². The lowest BCUT2D eigenvalue weighted by atomic mass is 9.85. The predicted octanol–water partition coefficient (Wildman–Crippen LogP) is 2.49. The molecule has 1 saturated carbocycles. The highest BCUT2D eigenvalue weighted by Crippen LogP contribution is 2.39. The SMILES string of the molecule is O=C(O)C1CC2CCCCC2N1C(=O)COCCc1ccccc1. The van der Waals surface area contributed by atoms with Gasteiger partial charge in [0, 0.05) is 6.04 Å². The van der Waals surface area contributed by atoms with E-state index < -0.39 is 12.0 Å². The molecule has 5 nitrogen and oxygen atoms in total. The van der Waals surface area contributed by atoms with E-state index in [2.05, 4.69) is 0 Å². The third-order valence-electron chi connectivity index (χ3n) is 5.26. The lowest BCUT2D eigenvalue weighted by molar-refractivity contribution is -0.152. The van der Waals surface area contributed by atoms with Crippen molar-refractivity contribution in [2.24, 2.45) is 5.92 Å². The van der Waals surface area contributed by atoms with Gasteiger partial charge in [0.05, 0.1) is 6.61 Å². The number of hydrogen-bond acceptors (Lipinski definition) is 3. The second kappa shape index (κ2) is 7.79. The fourth-order valence-electron chi connectivity index (χ4n) is 4.11. The molecule has 3 rings (SSSR count). The minimum Gasteiger partial charge on any atom is -0.480 e. The Kier molecular flexibility index (Phi) is 5.51. The summed E-state index contributed by atoms with van der Waals surface area (Å²) in [5, 5.41) is 9.47. The fraction of sp³-hybridized carbons (Fsp3) is 0.579. The lowest BCUT2D eigenvalue weighted by Crippen LogP contribution is -2.47. The molecule has 1 heterocycles. The van der Waals surface area contributed by atoms with Gasteiger partial charge in [-0.15, -0.1) is 0 Å². The average molecular weight is 331 g/mol. The van der Waals surface area contributed by atoms with Crippen molar-refractivity contribution in [1.82, 2.24) is 4.90 Å². The van der Waals surface area contributed by atoms with Gasteiger partial charge in [0.1, 0.15) is 12.6 Å². The number of aliphatic carboxylic acids is 1. The van der Waals surface area contributed by atoms with E-state index in [0.717, 1.165) is 32.1 Å². The largest absolute Gasteiger partial charge is 0.480 e. The van der Waals surface area contributed by atoms with Crippen LogP contribution in [0.25, 0.3) is 0 Å². The Balaban J connectivity index is 1.53. The molecule has 1 amide bonds. The van der Waals surface area contributed by atoms with Crippen molar-refractivity contribution in [3.8, 4) is 0 Å². The van der Waals surface area contributed by atoms with E-state index in [1.165, 1.54) is 5.56 Å². The van der Waals surface area contributed by atoms with Gasteiger partial charge in [0.25, 0.3) is 0 Å². The van der Waals surface area contributed by atoms with Crippen LogP contribution in [0.5, 0.6) is 0 Å². The molecule has 0 aromatic heterocycles. The van der Waals surface area contributed by atoms with Crippen LogP contribution in [-0.2, 0) is 20.7 Å². The van der Waals surface area contributed by atoms with Crippen LogP contribution in [0.1, 0.15) is 37.7 Å². The highest BCUT2D eigenvalue weighted by molar-refractivity contribution is 5.85. The summed E-state index contributed by atoms with van der Waals surface area (Å²) in [6.45, 7) is 0.440. The molecule has 1 saturated heterocycles. The molecular weight excluding hydrogens is 306 g/mol. The number of fused-ring (bicyclic) bond motifs is 1. The van der Waals surface area contributed by atoms with Gasteiger partial charge in [0.15, 0.2) is 0 Å². The Hall–Kier alpha value is -1.88. The van der Waals surface area contributed by atoms with E-state index in [-0.39, 0.29) is 18.6 Å². The van der Waals surface area contributed by atoms with Crippen LogP contribution in [0.2, 0.25) is 0 Å². The predicted molar refractivity (Wildman–Crippen MR) is 89.6 cm³/mol. The molecular formula is C19H25NO4. The van der Waals surface area contributed by atoms with Gasteiger partial charge in [-0.25, -0.2) is 4.79 Å². The van der Waals surface area contributed by atoms with E-state index in [9.17, 15) is 14.7 Å². The van der Waals surface area contributed by atoms with Gasteiger partial charge in [-0.3, -0.25) is 4.79 Å². The van der Waals surface area contributed by atoms with Crippen LogP contribution in [0.15, 0.2) is 30.3 Å². The van der Waals surface area contributed by atoms with E-state index in [4.69, 9.17) is 4.74 Å². The van der Waals surface area contributed by atoms with Crippen LogP contribution in [0, 0.1) is 5.92 Å². The van der Waals surface area contributed by atoms with E-state index >= 15 is 0 Å². The molecule has 0 radical (unpaired) electrons. The Bertz CT molecular complexity index is 574. The lowest BCUT2D eigenvalue weighted by Gasteiger charge is -2.32. The highest BCUT2D eigenvalue weighted by Gasteiger charge is 2.47. The number of carboxylic acids is 1. The van der Waals surface area contributed by atoms with Crippen molar-refractivity contribution in [3.63, 3.8) is 0 Å². The zero-order valence-corrected chi connectivity index (χ0v) is 13.9. The topological polar surface area (TPSA) is 66.8 Å². The first-order valence-corrected chi connectivity index (χ1v) is 8.82. The summed E-state index contributed by atoms with van der Waals surface area (Å²) in [6.07, 6.45) is 5.52. The highest BCUT2D eigenvalue weighted by atomic mass is 16.5. The molecule has 1 aliphatic heterocycles. The van der Waals surface area contributed by atoms with Crippen LogP contribution in [0.4, 0.5) is 0 Å². The molecule has 0 bridgehead atoms. The third kappa shape index (κ3) is 3.78. The maximum atomic E-state index is 12.6. The summed E-state index contributed by atoms with van der Waals surface area (Å²) in [5.74, 6) is -0.722. The quantitative estimate of drug-likeness (QED) is 0.813. The minimum absolute atomic E-state index is 0.0279. The molecule has 24 heavy (non-hydrogen) atoms. The van der Waals surface area contributed by atoms with Crippen LogP contribution >= 0.6 is 0 Å². The van der Waals surface area contributed by atoms with Crippen molar-refractivity contribution >= 4 is 11.9 Å². The molecule has 1 aromatic carbocycles. The Labute approximate surface area is 142 Å². The summed E-state index contributed by atoms with van der Waals surface area (Å²) in [4.78, 5) is 25.7. The Morgan fingerprint density at radius 3 is 2.67 bits per heavy atom. The van der Waals surface area contributed by atoms with Crippen LogP contribution in [-0.4, -0.2) is 47.2 Å². The standard InChI is InChI=1S/C19H25NO4/c21-18(13-24-11-10-14-6-2-1-3-7-14)20-16-9-5-4-8-15(16)12-17(20)19(22)23/h1-3,6-7,15-17H,4-5,8-13H2,(H,22,23). The summed E-state index contributed by atoms with van der Waals surface area (Å²) >= 11 is 0. The number of nitrogens with zero attached hydrogens (tertiary/aromatic N) is 1. The molecule has 2 fully saturated rings. The van der Waals surface area contributed by atoms with Crippen molar-refractivity contribution in [1.29, 1.82) is 0 Å². The molecule has 2 aliphatic rings. The normalized spacial score (nSPS) is 26.2. The van der Waals surface area contributed by atoms with Crippen molar-refractivity contribution in [2.45, 2.75) is 50.6 Å². The molecule has 5 heteroatoms. The van der Waals surface area contributed by atoms with Gasteiger partial charge in [0.2, 0.25) is 5.91 Å². The zero-order chi connectivity index (χ0) is 16.9. The maximum absolute atomic E-state index is 12.6. The van der Waals surface area contributed by atoms with E-state index in [0.29, 0.717) is 18.9 Å². The molecule has 3 unspecified atom stereocenters. The number of amides is 1. The first kappa shape index (κ1) is 17.0. The molecule has 130 valence electrons. The van der Waals surface area contributed by atoms with Crippen molar-refractivity contribution in [3.05, 3.63) is 35.9 Å². The van der Waals surface area contributed by atoms with Crippen molar-refractivity contribution < 1.29 is 19.4 Å². The molecule has 1 aromatic rings. The first-order chi connectivity index (χ1) is 11.7. The third-order valence-corrected chi connectivity index (χ3v) is 5.26. The van der Waals surface area contributed by atoms with Crippen LogP contribution < -0.4 is 0 Å². The van der Waals surface area contributed by atoms with Crippen molar-refractivity contribution in [2.75, 3.05) is 13.2 Å². The Morgan fingerprint density at radius 2 is 1.92 bits per heavy atom. The maximum Gasteiger partial charge on any atom is 0.326 e. The summed E-state index contributed by atoms with van der Waals surface area (Å²) < 4.78 is 5.54. The number of likely N-dealkylation sites (tertiary alicyclic amines) is 1. The monoisotopic (exact) mass is 331 g/mol. The van der Waals surface area contributed by atoms with Gasteiger partial charge in [-0.1, -0.05) is 43.2 Å². The van der Waals surface area contributed by atoms with E-state index in [1.54, 1.807) is 4.90 Å². The number of benzene rings is 1. The number of carbonyl (C=O) groups excluding carboxylic acids is 1. The second-order valence-corrected chi connectivity index (χ2v) is 6.79. The molecule has 1 N–H and O–H groups in total. The molecule has 1 aliphatic carbocycles. The molecule has 3 atom stereocenters. The van der Waals surface area contributed by atoms with E-state index in [1.807, 2.05) is 30.3 Å². The van der Waals surface area contributed by atoms with Gasteiger partial charge in [-0.05, 0) is 37.2 Å². The minimum atomic E-state index is -0.887. The average Bonchev–Trinajstić information content (AvgIpc) is 2.99. The van der Waals surface area contributed by atoms with Gasteiger partial charge < -0.3 is 14.7 Å². The van der Waals surface area contributed by atoms with Gasteiger partial charge in [-0.2, -0.15) is 0 Å². The molecule has 0 spiro atoms. The summed E-state index contributed by atoms with van der Waals surface area (Å²) in [6, 6.07) is 9.38. The Morgan fingerprint density at radius 1 is 1.17 bits per heavy atom. The summed E-state index contributed by atoms with van der Waals surface area (Å²) in [5.41, 5.74) is 1.17. The number of carboxylic acid groups (broad SMARTS) is 1. The fourth-order valence-corrected chi connectivity index (χ4v) is 4.11. The first-order valence-electron chi connectivity index (χ1n) is 8.82. The number of hydrogen-bond donors (Lipinski definition) is 1. The number of rotatable bonds is 6. The zero-order valence-electron chi connectivity index (χ0n) is 13.9. The van der Waals surface area contributed by atoms with Crippen LogP contribution in [0.3, 0.4) is 0 Å². The smallest absolute Gasteiger partial charge is 0.326 e. The second-order valence-electron chi connectivity index (χ2n) is 6.79.